The minimum absolute atomic E-state index is 0.0331. The van der Waals surface area contributed by atoms with Crippen molar-refractivity contribution in [3.8, 4) is 0 Å². The van der Waals surface area contributed by atoms with Crippen LogP contribution in [0.25, 0.3) is 0 Å². The Balaban J connectivity index is 4.47. The first-order valence-electron chi connectivity index (χ1n) is 28.4. The molecule has 5 heteroatoms. The van der Waals surface area contributed by atoms with Crippen LogP contribution in [0.1, 0.15) is 226 Å². The maximum Gasteiger partial charge on any atom is 0.306 e. The summed E-state index contributed by atoms with van der Waals surface area (Å²) in [6, 6.07) is 0. The Hall–Kier alpha value is -4.22. The zero-order valence-corrected chi connectivity index (χ0v) is 45.2. The van der Waals surface area contributed by atoms with Gasteiger partial charge in [0.05, 0.1) is 6.61 Å². The summed E-state index contributed by atoms with van der Waals surface area (Å²) in [6.07, 6.45) is 85.8. The number of carbonyl (C=O) groups is 2. The van der Waals surface area contributed by atoms with Crippen LogP contribution in [0.15, 0.2) is 146 Å². The molecule has 0 spiro atoms. The Kier molecular flexibility index (Phi) is 55.5. The Labute approximate surface area is 431 Å². The molecule has 5 nitrogen and oxygen atoms in total. The van der Waals surface area contributed by atoms with Crippen molar-refractivity contribution in [2.75, 3.05) is 19.8 Å². The summed E-state index contributed by atoms with van der Waals surface area (Å²) in [5.74, 6) is -0.514. The second kappa shape index (κ2) is 59.1. The fourth-order valence-corrected chi connectivity index (χ4v) is 7.19. The second-order valence-corrected chi connectivity index (χ2v) is 18.1. The van der Waals surface area contributed by atoms with Crippen molar-refractivity contribution in [3.63, 3.8) is 0 Å². The fraction of sp³-hybridized carbons (Fsp3) is 0.600. The number of ether oxygens (including phenoxy) is 3. The molecule has 0 saturated heterocycles. The summed E-state index contributed by atoms with van der Waals surface area (Å²) in [7, 11) is 0. The summed E-state index contributed by atoms with van der Waals surface area (Å²) in [6.45, 7) is 7.45. The predicted molar refractivity (Wildman–Crippen MR) is 306 cm³/mol. The van der Waals surface area contributed by atoms with Crippen LogP contribution < -0.4 is 0 Å². The van der Waals surface area contributed by atoms with Gasteiger partial charge >= 0.3 is 11.9 Å². The van der Waals surface area contributed by atoms with E-state index in [2.05, 4.69) is 167 Å². The predicted octanol–water partition coefficient (Wildman–Crippen LogP) is 19.7. The van der Waals surface area contributed by atoms with Crippen LogP contribution in [0.4, 0.5) is 0 Å². The maximum absolute atomic E-state index is 12.8. The fourth-order valence-electron chi connectivity index (χ4n) is 7.19. The lowest BCUT2D eigenvalue weighted by atomic mass is 10.1. The van der Waals surface area contributed by atoms with Crippen LogP contribution in [-0.4, -0.2) is 37.9 Å². The smallest absolute Gasteiger partial charge is 0.306 e. The van der Waals surface area contributed by atoms with Gasteiger partial charge in [0.2, 0.25) is 0 Å². The highest BCUT2D eigenvalue weighted by atomic mass is 16.6. The van der Waals surface area contributed by atoms with Crippen molar-refractivity contribution in [2.45, 2.75) is 232 Å². The van der Waals surface area contributed by atoms with Crippen LogP contribution in [0, 0.1) is 0 Å². The Bertz CT molecular complexity index is 1510. The lowest BCUT2D eigenvalue weighted by Crippen LogP contribution is -2.30. The molecule has 0 aromatic carbocycles. The maximum atomic E-state index is 12.8. The van der Waals surface area contributed by atoms with E-state index < -0.39 is 6.10 Å². The quantitative estimate of drug-likeness (QED) is 0.0345. The molecular formula is C65H104O5. The molecule has 0 radical (unpaired) electrons. The van der Waals surface area contributed by atoms with E-state index in [-0.39, 0.29) is 25.2 Å². The summed E-state index contributed by atoms with van der Waals surface area (Å²) >= 11 is 0. The van der Waals surface area contributed by atoms with E-state index in [9.17, 15) is 9.59 Å². The molecule has 0 aliphatic heterocycles. The van der Waals surface area contributed by atoms with Crippen LogP contribution in [0.3, 0.4) is 0 Å². The van der Waals surface area contributed by atoms with E-state index in [1.807, 2.05) is 0 Å². The van der Waals surface area contributed by atoms with Crippen molar-refractivity contribution in [3.05, 3.63) is 146 Å². The summed E-state index contributed by atoms with van der Waals surface area (Å²) in [4.78, 5) is 25.5. The van der Waals surface area contributed by atoms with Crippen LogP contribution in [0.2, 0.25) is 0 Å². The van der Waals surface area contributed by atoms with E-state index >= 15 is 0 Å². The average molecular weight is 966 g/mol. The molecule has 70 heavy (non-hydrogen) atoms. The lowest BCUT2D eigenvalue weighted by molar-refractivity contribution is -0.162. The van der Waals surface area contributed by atoms with Crippen molar-refractivity contribution < 1.29 is 23.8 Å². The standard InChI is InChI=1S/C65H104O5/c1-4-7-10-13-16-19-22-25-28-31-33-35-37-40-43-46-49-52-55-58-64(66)69-62-63(61-68-60-57-54-51-48-45-42-39-36-32-29-26-23-20-17-14-11-8-5-2)70-65(67)59-56-53-50-47-44-41-38-34-30-27-24-21-18-15-12-9-6-3/h7,9-10,12,16-21,25-30,33,35,38,40-41,43,47,50,63H,4-6,8,11,13-15,22-24,31-32,34,36-37,39,42,44-46,48-49,51-62H2,1-3H3/b10-7-,12-9-,19-16-,20-17-,21-18-,28-25-,29-26-,30-27-,35-33-,41-38-,43-40-,50-47-. The van der Waals surface area contributed by atoms with E-state index in [1.165, 1.54) is 70.6 Å². The Morgan fingerprint density at radius 1 is 0.329 bits per heavy atom. The van der Waals surface area contributed by atoms with Gasteiger partial charge in [-0.25, -0.2) is 0 Å². The highest BCUT2D eigenvalue weighted by molar-refractivity contribution is 5.70. The minimum Gasteiger partial charge on any atom is -0.462 e. The third-order valence-electron chi connectivity index (χ3n) is 11.3. The average Bonchev–Trinajstić information content (AvgIpc) is 3.36. The zero-order valence-electron chi connectivity index (χ0n) is 45.2. The monoisotopic (exact) mass is 965 g/mol. The first-order chi connectivity index (χ1) is 34.6. The SMILES string of the molecule is CC/C=C\C/C=C\C/C=C\C/C=C\C/C=C\CCCCCC(=O)OCC(COCCCCCCCCCC/C=C\C/C=C\CCCCC)OC(=O)CCC/C=C\C/C=C\C/C=C\C/C=C\C/C=C\CC. The number of rotatable bonds is 50. The third kappa shape index (κ3) is 56.4. The molecule has 0 aliphatic carbocycles. The molecule has 0 bridgehead atoms. The number of allylic oxidation sites excluding steroid dienone is 24. The van der Waals surface area contributed by atoms with Crippen molar-refractivity contribution in [1.82, 2.24) is 0 Å². The molecule has 0 fully saturated rings. The van der Waals surface area contributed by atoms with Crippen molar-refractivity contribution in [2.24, 2.45) is 0 Å². The highest BCUT2D eigenvalue weighted by Crippen LogP contribution is 2.12. The number of carbonyl (C=O) groups excluding carboxylic acids is 2. The number of unbranched alkanes of at least 4 members (excludes halogenated alkanes) is 15. The molecule has 0 rings (SSSR count). The van der Waals surface area contributed by atoms with Gasteiger partial charge in [-0.2, -0.15) is 0 Å². The molecule has 1 unspecified atom stereocenters. The summed E-state index contributed by atoms with van der Waals surface area (Å²) in [5.41, 5.74) is 0. The molecular weight excluding hydrogens is 861 g/mol. The van der Waals surface area contributed by atoms with E-state index in [0.717, 1.165) is 116 Å². The van der Waals surface area contributed by atoms with Gasteiger partial charge in [0.15, 0.2) is 6.10 Å². The third-order valence-corrected chi connectivity index (χ3v) is 11.3. The number of hydrogen-bond donors (Lipinski definition) is 0. The molecule has 0 N–H and O–H groups in total. The van der Waals surface area contributed by atoms with E-state index in [4.69, 9.17) is 14.2 Å². The summed E-state index contributed by atoms with van der Waals surface area (Å²) in [5, 5.41) is 0. The first kappa shape index (κ1) is 65.8. The van der Waals surface area contributed by atoms with Crippen LogP contribution >= 0.6 is 0 Å². The van der Waals surface area contributed by atoms with Crippen LogP contribution in [-0.2, 0) is 23.8 Å². The van der Waals surface area contributed by atoms with Gasteiger partial charge in [-0.05, 0) is 135 Å². The second-order valence-electron chi connectivity index (χ2n) is 18.1. The number of esters is 2. The molecule has 0 saturated carbocycles. The molecule has 394 valence electrons. The molecule has 0 aromatic heterocycles. The molecule has 0 aliphatic rings. The van der Waals surface area contributed by atoms with Gasteiger partial charge < -0.3 is 14.2 Å². The Morgan fingerprint density at radius 3 is 1.07 bits per heavy atom. The topological polar surface area (TPSA) is 61.8 Å². The van der Waals surface area contributed by atoms with Crippen molar-refractivity contribution >= 4 is 11.9 Å². The van der Waals surface area contributed by atoms with Crippen LogP contribution in [0.5, 0.6) is 0 Å². The van der Waals surface area contributed by atoms with Gasteiger partial charge in [0.25, 0.3) is 0 Å². The molecule has 0 amide bonds. The lowest BCUT2D eigenvalue weighted by Gasteiger charge is -2.18. The highest BCUT2D eigenvalue weighted by Gasteiger charge is 2.17. The van der Waals surface area contributed by atoms with Gasteiger partial charge in [0, 0.05) is 19.4 Å². The van der Waals surface area contributed by atoms with Gasteiger partial charge in [-0.15, -0.1) is 0 Å². The van der Waals surface area contributed by atoms with E-state index in [0.29, 0.717) is 25.9 Å². The molecule has 0 aromatic rings. The zero-order chi connectivity index (χ0) is 50.6. The van der Waals surface area contributed by atoms with Gasteiger partial charge in [-0.1, -0.05) is 224 Å². The molecule has 1 atom stereocenters. The molecule has 0 heterocycles. The summed E-state index contributed by atoms with van der Waals surface area (Å²) < 4.78 is 17.4. The van der Waals surface area contributed by atoms with Gasteiger partial charge in [-0.3, -0.25) is 9.59 Å². The number of hydrogen-bond acceptors (Lipinski definition) is 5. The Morgan fingerprint density at radius 2 is 0.657 bits per heavy atom. The minimum atomic E-state index is -0.595. The van der Waals surface area contributed by atoms with Gasteiger partial charge in [0.1, 0.15) is 6.61 Å². The largest absolute Gasteiger partial charge is 0.462 e. The normalized spacial score (nSPS) is 13.4. The van der Waals surface area contributed by atoms with Crippen molar-refractivity contribution in [1.29, 1.82) is 0 Å². The van der Waals surface area contributed by atoms with E-state index in [1.54, 1.807) is 0 Å². The first-order valence-corrected chi connectivity index (χ1v) is 28.4.